The summed E-state index contributed by atoms with van der Waals surface area (Å²) in [6.07, 6.45) is -0.283. The number of thioether (sulfide) groups is 1. The van der Waals surface area contributed by atoms with Gasteiger partial charge in [0.05, 0.1) is 19.4 Å². The molecule has 0 aliphatic rings. The molecule has 0 radical (unpaired) electrons. The third-order valence-electron chi connectivity index (χ3n) is 11.8. The summed E-state index contributed by atoms with van der Waals surface area (Å²) in [5, 5.41) is 51.1. The van der Waals surface area contributed by atoms with Crippen molar-refractivity contribution in [2.45, 2.75) is 133 Å². The van der Waals surface area contributed by atoms with Crippen LogP contribution in [0.4, 0.5) is 0 Å². The van der Waals surface area contributed by atoms with E-state index in [1.165, 1.54) is 43.0 Å². The van der Waals surface area contributed by atoms with Gasteiger partial charge in [0.25, 0.3) is 0 Å². The maximum Gasteiger partial charge on any atom is 0.305 e. The van der Waals surface area contributed by atoms with E-state index in [9.17, 15) is 72.9 Å². The van der Waals surface area contributed by atoms with Crippen LogP contribution in [0.3, 0.4) is 0 Å². The number of aliphatic hydroxyl groups excluding tert-OH is 1. The van der Waals surface area contributed by atoms with E-state index in [-0.39, 0.29) is 62.7 Å². The molecule has 446 valence electrons. The van der Waals surface area contributed by atoms with Crippen LogP contribution in [0.25, 0.3) is 0 Å². The zero-order valence-electron chi connectivity index (χ0n) is 45.7. The van der Waals surface area contributed by atoms with E-state index >= 15 is 0 Å². The SMILES string of the molecule is CSCCC(NC(=O)C(CC(C)C)NC(=O)C(C)NC(=O)C(CCCN=C(N)N)NC(=O)C(Cc1ccc(O)cc1)NC(=O)C(Cc1ccccc1)NC(=O)C(CC(N)=O)NC(=O)C(CO)NC(=O)C(CC(=O)O)NC(C)=O)C(N)=O. The zero-order valence-corrected chi connectivity index (χ0v) is 46.5. The Morgan fingerprint density at radius 2 is 1.00 bits per heavy atom. The second kappa shape index (κ2) is 35.2. The molecule has 0 heterocycles. The molecule has 11 amide bonds. The Balaban J connectivity index is 2.55. The van der Waals surface area contributed by atoms with E-state index in [1.54, 1.807) is 44.2 Å². The molecular weight excluding hydrogens is 1080 g/mol. The standard InChI is InChI=1S/C51H76N14O15S/c1-26(2)20-34(45(75)59-32(42(53)72)17-19-81-5)61-43(73)27(3)57-44(74)33(12-9-18-56-51(54)55)60-46(76)36(22-30-13-15-31(68)16-14-30)62-47(77)35(21-29-10-7-6-8-11-29)63-48(78)37(23-40(52)69)64-50(80)39(25-66)65-49(79)38(24-41(70)71)58-28(4)67/h6-8,10-11,13-16,26-27,32-39,66,68H,9,12,17-25H2,1-5H3,(H2,52,69)(H2,53,72)(H,57,74)(H,58,67)(H,59,75)(H,60,76)(H,61,73)(H,62,77)(H,63,78)(H,64,80)(H,65,79)(H,70,71)(H4,54,55,56). The van der Waals surface area contributed by atoms with Crippen LogP contribution in [-0.2, 0) is 70.4 Å². The van der Waals surface area contributed by atoms with Gasteiger partial charge in [-0.05, 0) is 73.8 Å². The highest BCUT2D eigenvalue weighted by molar-refractivity contribution is 7.98. The van der Waals surface area contributed by atoms with E-state index in [1.807, 2.05) is 6.26 Å². The minimum Gasteiger partial charge on any atom is -0.508 e. The van der Waals surface area contributed by atoms with E-state index in [0.717, 1.165) is 6.92 Å². The summed E-state index contributed by atoms with van der Waals surface area (Å²) >= 11 is 1.44. The van der Waals surface area contributed by atoms with Gasteiger partial charge in [0.2, 0.25) is 65.0 Å². The van der Waals surface area contributed by atoms with Gasteiger partial charge in [0.15, 0.2) is 5.96 Å². The number of hydrogen-bond donors (Lipinski definition) is 16. The van der Waals surface area contributed by atoms with Crippen LogP contribution in [0.15, 0.2) is 59.6 Å². The third-order valence-corrected chi connectivity index (χ3v) is 12.4. The second-order valence-electron chi connectivity index (χ2n) is 19.2. The smallest absolute Gasteiger partial charge is 0.305 e. The van der Waals surface area contributed by atoms with Gasteiger partial charge in [-0.15, -0.1) is 0 Å². The van der Waals surface area contributed by atoms with Crippen LogP contribution in [0.2, 0.25) is 0 Å². The van der Waals surface area contributed by atoms with Crippen LogP contribution in [-0.4, -0.2) is 172 Å². The maximum absolute atomic E-state index is 14.6. The van der Waals surface area contributed by atoms with Gasteiger partial charge in [-0.25, -0.2) is 0 Å². The number of benzene rings is 2. The van der Waals surface area contributed by atoms with Gasteiger partial charge >= 0.3 is 5.97 Å². The van der Waals surface area contributed by atoms with Crippen LogP contribution in [0, 0.1) is 5.92 Å². The molecule has 0 fully saturated rings. The van der Waals surface area contributed by atoms with Gasteiger partial charge < -0.3 is 86.1 Å². The predicted octanol–water partition coefficient (Wildman–Crippen LogP) is -4.74. The number of nitrogens with zero attached hydrogens (tertiary/aromatic N) is 1. The number of nitrogens with two attached hydrogens (primary N) is 4. The Morgan fingerprint density at radius 3 is 1.49 bits per heavy atom. The van der Waals surface area contributed by atoms with Crippen LogP contribution in [0.1, 0.15) is 77.3 Å². The van der Waals surface area contributed by atoms with E-state index in [2.05, 4.69) is 52.8 Å². The molecule has 0 spiro atoms. The average molecular weight is 1160 g/mol. The molecule has 29 nitrogen and oxygen atoms in total. The van der Waals surface area contributed by atoms with Crippen molar-refractivity contribution < 1.29 is 72.9 Å². The van der Waals surface area contributed by atoms with Crippen molar-refractivity contribution in [2.75, 3.05) is 25.2 Å². The minimum atomic E-state index is -1.89. The lowest BCUT2D eigenvalue weighted by atomic mass is 10.0. The van der Waals surface area contributed by atoms with E-state index in [4.69, 9.17) is 22.9 Å². The number of primary amides is 2. The molecule has 0 saturated carbocycles. The Labute approximate surface area is 471 Å². The minimum absolute atomic E-state index is 0.0137. The van der Waals surface area contributed by atoms with E-state index < -0.39 is 145 Å². The van der Waals surface area contributed by atoms with Crippen molar-refractivity contribution in [3.8, 4) is 5.75 Å². The van der Waals surface area contributed by atoms with Gasteiger partial charge in [-0.2, -0.15) is 11.8 Å². The molecule has 0 bridgehead atoms. The first kappa shape index (κ1) is 68.6. The molecule has 20 N–H and O–H groups in total. The number of hydrogen-bond acceptors (Lipinski definition) is 16. The largest absolute Gasteiger partial charge is 0.508 e. The topological polar surface area (TPSA) is 490 Å². The molecule has 9 unspecified atom stereocenters. The summed E-state index contributed by atoms with van der Waals surface area (Å²) in [7, 11) is 0. The predicted molar refractivity (Wildman–Crippen MR) is 295 cm³/mol. The number of rotatable bonds is 36. The molecule has 0 aromatic heterocycles. The number of amides is 11. The van der Waals surface area contributed by atoms with Crippen LogP contribution >= 0.6 is 11.8 Å². The van der Waals surface area contributed by atoms with Crippen LogP contribution < -0.4 is 70.8 Å². The molecule has 81 heavy (non-hydrogen) atoms. The molecular formula is C51H76N14O15S. The maximum atomic E-state index is 14.6. The number of aliphatic hydroxyl groups is 1. The number of carbonyl (C=O) groups excluding carboxylic acids is 11. The average Bonchev–Trinajstić information content (AvgIpc) is 3.38. The van der Waals surface area contributed by atoms with Crippen molar-refractivity contribution in [1.29, 1.82) is 0 Å². The van der Waals surface area contributed by atoms with Crippen LogP contribution in [0.5, 0.6) is 5.75 Å². The highest BCUT2D eigenvalue weighted by atomic mass is 32.2. The van der Waals surface area contributed by atoms with Gasteiger partial charge in [0.1, 0.15) is 60.1 Å². The van der Waals surface area contributed by atoms with Gasteiger partial charge in [-0.3, -0.25) is 62.5 Å². The monoisotopic (exact) mass is 1160 g/mol. The molecule has 0 aliphatic carbocycles. The first-order valence-corrected chi connectivity index (χ1v) is 27.0. The van der Waals surface area contributed by atoms with Crippen molar-refractivity contribution in [1.82, 2.24) is 47.9 Å². The number of carbonyl (C=O) groups is 12. The summed E-state index contributed by atoms with van der Waals surface area (Å²) in [4.78, 5) is 162. The molecule has 9 atom stereocenters. The number of aliphatic carboxylic acids is 1. The summed E-state index contributed by atoms with van der Waals surface area (Å²) in [6, 6.07) is -0.0120. The fourth-order valence-electron chi connectivity index (χ4n) is 7.68. The highest BCUT2D eigenvalue weighted by Crippen LogP contribution is 2.14. The Hall–Kier alpha value is -8.54. The van der Waals surface area contributed by atoms with Gasteiger partial charge in [0, 0.05) is 26.3 Å². The quantitative estimate of drug-likeness (QED) is 0.0173. The second-order valence-corrected chi connectivity index (χ2v) is 20.2. The summed E-state index contributed by atoms with van der Waals surface area (Å²) < 4.78 is 0. The lowest BCUT2D eigenvalue weighted by molar-refractivity contribution is -0.141. The number of phenols is 1. The number of phenolic OH excluding ortho intramolecular Hbond substituents is 1. The number of guanidine groups is 1. The first-order chi connectivity index (χ1) is 38.1. The normalized spacial score (nSPS) is 14.2. The summed E-state index contributed by atoms with van der Waals surface area (Å²) in [5.41, 5.74) is 22.8. The number of aliphatic imine (C=N–C) groups is 1. The fraction of sp³-hybridized carbons (Fsp3) is 0.510. The number of nitrogens with one attached hydrogen (secondary N) is 9. The van der Waals surface area contributed by atoms with E-state index in [0.29, 0.717) is 16.9 Å². The molecule has 0 saturated heterocycles. The lowest BCUT2D eigenvalue weighted by Gasteiger charge is -2.28. The van der Waals surface area contributed by atoms with Crippen molar-refractivity contribution >= 4 is 88.7 Å². The van der Waals surface area contributed by atoms with Crippen molar-refractivity contribution in [3.05, 3.63) is 65.7 Å². The number of aromatic hydroxyl groups is 1. The molecule has 2 rings (SSSR count). The lowest BCUT2D eigenvalue weighted by Crippen LogP contribution is -2.61. The number of carboxylic acid groups (broad SMARTS) is 1. The van der Waals surface area contributed by atoms with Gasteiger partial charge in [-0.1, -0.05) is 56.3 Å². The Bertz CT molecular complexity index is 2520. The Kier molecular flexibility index (Phi) is 29.8. The summed E-state index contributed by atoms with van der Waals surface area (Å²) in [5.74, 6) is -12.3. The molecule has 2 aromatic rings. The molecule has 0 aliphatic heterocycles. The highest BCUT2D eigenvalue weighted by Gasteiger charge is 2.36. The summed E-state index contributed by atoms with van der Waals surface area (Å²) in [6.45, 7) is 4.80. The fourth-order valence-corrected chi connectivity index (χ4v) is 8.15. The molecule has 2 aromatic carbocycles. The number of carboxylic acids is 1. The van der Waals surface area contributed by atoms with Crippen molar-refractivity contribution in [3.63, 3.8) is 0 Å². The Morgan fingerprint density at radius 1 is 0.543 bits per heavy atom. The van der Waals surface area contributed by atoms with Crippen molar-refractivity contribution in [2.24, 2.45) is 33.8 Å². The molecule has 30 heteroatoms. The zero-order chi connectivity index (χ0) is 60.9. The first-order valence-electron chi connectivity index (χ1n) is 25.6. The third kappa shape index (κ3) is 26.3.